The molecule has 0 saturated carbocycles. The highest BCUT2D eigenvalue weighted by atomic mass is 32.1. The van der Waals surface area contributed by atoms with Crippen LogP contribution in [0.15, 0.2) is 11.4 Å². The molecule has 19 heavy (non-hydrogen) atoms. The van der Waals surface area contributed by atoms with Gasteiger partial charge in [0.1, 0.15) is 0 Å². The number of hydrazine groups is 1. The van der Waals surface area contributed by atoms with Gasteiger partial charge in [0, 0.05) is 26.7 Å². The molecule has 6 nitrogen and oxygen atoms in total. The van der Waals surface area contributed by atoms with Crippen LogP contribution < -0.4 is 11.3 Å². The highest BCUT2D eigenvalue weighted by Crippen LogP contribution is 2.19. The number of carbonyl (C=O) groups excluding carboxylic acids is 2. The van der Waals surface area contributed by atoms with Crippen molar-refractivity contribution in [1.29, 1.82) is 0 Å². The van der Waals surface area contributed by atoms with E-state index in [1.165, 1.54) is 11.3 Å². The molecular formula is C12H18N4O2S. The summed E-state index contributed by atoms with van der Waals surface area (Å²) in [5, 5.41) is 1.87. The maximum atomic E-state index is 11.8. The Morgan fingerprint density at radius 1 is 1.53 bits per heavy atom. The minimum Gasteiger partial charge on any atom is -0.345 e. The number of carbonyl (C=O) groups is 2. The topological polar surface area (TPSA) is 78.7 Å². The van der Waals surface area contributed by atoms with Gasteiger partial charge in [-0.1, -0.05) is 0 Å². The summed E-state index contributed by atoms with van der Waals surface area (Å²) in [5.41, 5.74) is 3.07. The number of nitrogen functional groups attached to an aromatic ring is 1. The van der Waals surface area contributed by atoms with Gasteiger partial charge in [-0.15, -0.1) is 11.3 Å². The molecule has 0 bridgehead atoms. The Morgan fingerprint density at radius 3 is 3.05 bits per heavy atom. The van der Waals surface area contributed by atoms with Crippen LogP contribution >= 0.6 is 11.3 Å². The van der Waals surface area contributed by atoms with E-state index in [1.807, 2.05) is 18.5 Å². The molecule has 2 amide bonds. The fraction of sp³-hybridized carbons (Fsp3) is 0.500. The molecule has 1 aromatic rings. The minimum atomic E-state index is -0.275. The maximum absolute atomic E-state index is 11.8. The molecule has 1 saturated heterocycles. The van der Waals surface area contributed by atoms with Crippen molar-refractivity contribution in [1.82, 2.24) is 15.2 Å². The van der Waals surface area contributed by atoms with Crippen LogP contribution in [0.4, 0.5) is 0 Å². The Bertz CT molecular complexity index is 474. The van der Waals surface area contributed by atoms with E-state index in [-0.39, 0.29) is 11.8 Å². The monoisotopic (exact) mass is 282 g/mol. The molecule has 0 aromatic carbocycles. The number of nitrogens with one attached hydrogen (secondary N) is 1. The van der Waals surface area contributed by atoms with Crippen molar-refractivity contribution in [3.63, 3.8) is 0 Å². The van der Waals surface area contributed by atoms with Gasteiger partial charge in [-0.3, -0.25) is 19.9 Å². The van der Waals surface area contributed by atoms with Gasteiger partial charge in [0.25, 0.3) is 5.91 Å². The molecule has 104 valence electrons. The van der Waals surface area contributed by atoms with Gasteiger partial charge in [-0.25, -0.2) is 5.84 Å². The SMILES string of the molecule is CN1CCCN(Cc2ccsc2C(=O)NN)CC1=O. The van der Waals surface area contributed by atoms with Crippen molar-refractivity contribution in [2.75, 3.05) is 26.7 Å². The second kappa shape index (κ2) is 6.14. The van der Waals surface area contributed by atoms with E-state index in [0.717, 1.165) is 25.1 Å². The van der Waals surface area contributed by atoms with Crippen molar-refractivity contribution in [2.45, 2.75) is 13.0 Å². The highest BCUT2D eigenvalue weighted by molar-refractivity contribution is 7.12. The molecule has 1 aliphatic rings. The van der Waals surface area contributed by atoms with Crippen LogP contribution in [-0.4, -0.2) is 48.3 Å². The fourth-order valence-corrected chi connectivity index (χ4v) is 2.97. The third kappa shape index (κ3) is 3.31. The Hall–Kier alpha value is -1.44. The van der Waals surface area contributed by atoms with Crippen LogP contribution in [0.5, 0.6) is 0 Å². The molecule has 0 spiro atoms. The summed E-state index contributed by atoms with van der Waals surface area (Å²) in [6.45, 7) is 2.65. The molecule has 1 aliphatic heterocycles. The normalized spacial score (nSPS) is 17.4. The second-order valence-electron chi connectivity index (χ2n) is 4.63. The standard InChI is InChI=1S/C12H18N4O2S/c1-15-4-2-5-16(8-10(15)17)7-9-3-6-19-11(9)12(18)14-13/h3,6H,2,4-5,7-8,13H2,1H3,(H,14,18). The zero-order valence-corrected chi connectivity index (χ0v) is 11.7. The van der Waals surface area contributed by atoms with Crippen molar-refractivity contribution >= 4 is 23.2 Å². The van der Waals surface area contributed by atoms with Gasteiger partial charge < -0.3 is 4.90 Å². The molecule has 0 radical (unpaired) electrons. The number of hydrogen-bond donors (Lipinski definition) is 2. The number of thiophene rings is 1. The largest absolute Gasteiger partial charge is 0.345 e. The Kier molecular flexibility index (Phi) is 4.52. The summed E-state index contributed by atoms with van der Waals surface area (Å²) in [4.78, 5) is 27.9. The van der Waals surface area contributed by atoms with Gasteiger partial charge in [-0.05, 0) is 23.4 Å². The smallest absolute Gasteiger partial charge is 0.275 e. The summed E-state index contributed by atoms with van der Waals surface area (Å²) in [6, 6.07) is 1.91. The average Bonchev–Trinajstić information content (AvgIpc) is 2.79. The van der Waals surface area contributed by atoms with Crippen LogP contribution in [0.3, 0.4) is 0 Å². The van der Waals surface area contributed by atoms with Gasteiger partial charge in [0.15, 0.2) is 0 Å². The lowest BCUT2D eigenvalue weighted by molar-refractivity contribution is -0.129. The first-order valence-electron chi connectivity index (χ1n) is 6.15. The number of likely N-dealkylation sites (N-methyl/N-ethyl adjacent to an activating group) is 1. The number of amides is 2. The number of nitrogens with zero attached hydrogens (tertiary/aromatic N) is 2. The van der Waals surface area contributed by atoms with Crippen LogP contribution in [0.25, 0.3) is 0 Å². The van der Waals surface area contributed by atoms with Crippen molar-refractivity contribution < 1.29 is 9.59 Å². The Morgan fingerprint density at radius 2 is 2.32 bits per heavy atom. The maximum Gasteiger partial charge on any atom is 0.275 e. The number of rotatable bonds is 3. The molecular weight excluding hydrogens is 264 g/mol. The van der Waals surface area contributed by atoms with Crippen LogP contribution in [0.1, 0.15) is 21.7 Å². The predicted octanol–water partition coefficient (Wildman–Crippen LogP) is 0.0157. The molecule has 0 aliphatic carbocycles. The fourth-order valence-electron chi connectivity index (χ4n) is 2.15. The summed E-state index contributed by atoms with van der Waals surface area (Å²) < 4.78 is 0. The molecule has 2 heterocycles. The average molecular weight is 282 g/mol. The quantitative estimate of drug-likeness (QED) is 0.465. The first kappa shape index (κ1) is 14.0. The van der Waals surface area contributed by atoms with Crippen LogP contribution in [0, 0.1) is 0 Å². The molecule has 0 atom stereocenters. The first-order chi connectivity index (χ1) is 9.11. The van der Waals surface area contributed by atoms with Crippen molar-refractivity contribution in [2.24, 2.45) is 5.84 Å². The van der Waals surface area contributed by atoms with Crippen molar-refractivity contribution in [3.8, 4) is 0 Å². The van der Waals surface area contributed by atoms with Gasteiger partial charge in [-0.2, -0.15) is 0 Å². The molecule has 7 heteroatoms. The summed E-state index contributed by atoms with van der Waals surface area (Å²) >= 11 is 1.36. The lowest BCUT2D eigenvalue weighted by Gasteiger charge is -2.19. The zero-order chi connectivity index (χ0) is 13.8. The Labute approximate surface area is 116 Å². The predicted molar refractivity (Wildman–Crippen MR) is 73.5 cm³/mol. The minimum absolute atomic E-state index is 0.123. The zero-order valence-electron chi connectivity index (χ0n) is 10.9. The molecule has 2 rings (SSSR count). The van der Waals surface area contributed by atoms with Crippen LogP contribution in [0.2, 0.25) is 0 Å². The van der Waals surface area contributed by atoms with E-state index in [1.54, 1.807) is 4.90 Å². The number of hydrogen-bond acceptors (Lipinski definition) is 5. The van der Waals surface area contributed by atoms with Crippen molar-refractivity contribution in [3.05, 3.63) is 21.9 Å². The van der Waals surface area contributed by atoms with Gasteiger partial charge in [0.2, 0.25) is 5.91 Å². The van der Waals surface area contributed by atoms with E-state index >= 15 is 0 Å². The molecule has 0 unspecified atom stereocenters. The van der Waals surface area contributed by atoms with Gasteiger partial charge >= 0.3 is 0 Å². The Balaban J connectivity index is 2.06. The van der Waals surface area contributed by atoms with E-state index in [0.29, 0.717) is 18.0 Å². The first-order valence-corrected chi connectivity index (χ1v) is 7.03. The van der Waals surface area contributed by atoms with Gasteiger partial charge in [0.05, 0.1) is 11.4 Å². The molecule has 1 fully saturated rings. The highest BCUT2D eigenvalue weighted by Gasteiger charge is 2.21. The van der Waals surface area contributed by atoms with Crippen LogP contribution in [-0.2, 0) is 11.3 Å². The lowest BCUT2D eigenvalue weighted by Crippen LogP contribution is -2.35. The number of nitrogens with two attached hydrogens (primary N) is 1. The van der Waals surface area contributed by atoms with E-state index in [2.05, 4.69) is 10.3 Å². The second-order valence-corrected chi connectivity index (χ2v) is 5.54. The van der Waals surface area contributed by atoms with E-state index < -0.39 is 0 Å². The summed E-state index contributed by atoms with van der Waals surface area (Å²) in [6.07, 6.45) is 0.949. The summed E-state index contributed by atoms with van der Waals surface area (Å²) in [5.74, 6) is 5.01. The summed E-state index contributed by atoms with van der Waals surface area (Å²) in [7, 11) is 1.82. The molecule has 3 N–H and O–H groups in total. The lowest BCUT2D eigenvalue weighted by atomic mass is 10.2. The third-order valence-corrected chi connectivity index (χ3v) is 4.19. The van der Waals surface area contributed by atoms with E-state index in [9.17, 15) is 9.59 Å². The third-order valence-electron chi connectivity index (χ3n) is 3.23. The van der Waals surface area contributed by atoms with E-state index in [4.69, 9.17) is 5.84 Å². The molecule has 1 aromatic heterocycles.